The Labute approximate surface area is 175 Å². The van der Waals surface area contributed by atoms with Gasteiger partial charge in [0.25, 0.3) is 0 Å². The minimum Gasteiger partial charge on any atom is -0.480 e. The van der Waals surface area contributed by atoms with Gasteiger partial charge in [0.05, 0.1) is 0 Å². The molecule has 0 heterocycles. The number of carbonyl (C=O) groups is 4. The predicted molar refractivity (Wildman–Crippen MR) is 103 cm³/mol. The van der Waals surface area contributed by atoms with Crippen LogP contribution in [0.1, 0.15) is 12.8 Å². The molecule has 0 aromatic carbocycles. The number of carboxylic acids is 2. The molecule has 0 radical (unpaired) electrons. The van der Waals surface area contributed by atoms with Crippen molar-refractivity contribution in [2.24, 2.45) is 5.73 Å². The van der Waals surface area contributed by atoms with E-state index >= 15 is 0 Å². The van der Waals surface area contributed by atoms with E-state index < -0.39 is 88.7 Å². The summed E-state index contributed by atoms with van der Waals surface area (Å²) < 4.78 is 22.7. The average molecular weight is 495 g/mol. The number of amides is 2. The third kappa shape index (κ3) is 11.0. The maximum absolute atomic E-state index is 12.7. The van der Waals surface area contributed by atoms with Crippen LogP contribution in [0.5, 0.6) is 0 Å². The lowest BCUT2D eigenvalue weighted by atomic mass is 10.1. The topological polar surface area (TPSA) is 256 Å². The monoisotopic (exact) mass is 495 g/mol. The number of nitrogens with two attached hydrogens (primary N) is 1. The standard InChI is InChI=1S/C12H23N3O12P2S/c13-7(12(20)21)1-2-9(16)15(6-29(25,26)27)8(4-30)11(19)14(3-10(17)18)5-28(22,23)24/h7-8,30H,1-6,13H2,(H,17,18)(H,20,21)(H2,22,23,24)(H2,25,26,27). The third-order valence-electron chi connectivity index (χ3n) is 3.47. The van der Waals surface area contributed by atoms with E-state index in [2.05, 4.69) is 12.6 Å². The van der Waals surface area contributed by atoms with Crippen molar-refractivity contribution >= 4 is 51.6 Å². The summed E-state index contributed by atoms with van der Waals surface area (Å²) in [6.07, 6.45) is -3.71. The predicted octanol–water partition coefficient (Wildman–Crippen LogP) is -2.51. The normalized spacial score (nSPS) is 13.9. The highest BCUT2D eigenvalue weighted by Gasteiger charge is 2.38. The number of thiol groups is 1. The van der Waals surface area contributed by atoms with Gasteiger partial charge in [0.1, 0.15) is 31.2 Å². The number of aliphatic carboxylic acids is 2. The van der Waals surface area contributed by atoms with Crippen molar-refractivity contribution < 1.29 is 58.1 Å². The Bertz CT molecular complexity index is 753. The SMILES string of the molecule is NC(CCC(=O)N(CP(=O)(O)O)C(CS)C(=O)N(CC(=O)O)CP(=O)(O)O)C(=O)O. The fraction of sp³-hybridized carbons (Fsp3) is 0.667. The Hall–Kier alpha value is -1.51. The van der Waals surface area contributed by atoms with Gasteiger partial charge in [0, 0.05) is 12.2 Å². The lowest BCUT2D eigenvalue weighted by molar-refractivity contribution is -0.148. The van der Waals surface area contributed by atoms with Gasteiger partial charge in [0.15, 0.2) is 0 Å². The molecule has 0 aliphatic carbocycles. The van der Waals surface area contributed by atoms with Crippen LogP contribution in [0.3, 0.4) is 0 Å². The average Bonchev–Trinajstić information content (AvgIpc) is 2.55. The Morgan fingerprint density at radius 1 is 0.967 bits per heavy atom. The maximum atomic E-state index is 12.7. The molecule has 0 saturated carbocycles. The molecule has 0 aliphatic heterocycles. The first kappa shape index (κ1) is 28.5. The van der Waals surface area contributed by atoms with Crippen LogP contribution in [0, 0.1) is 0 Å². The first-order valence-electron chi connectivity index (χ1n) is 7.97. The third-order valence-corrected chi connectivity index (χ3v) is 5.20. The molecule has 0 rings (SSSR count). The summed E-state index contributed by atoms with van der Waals surface area (Å²) in [5.41, 5.74) is 5.27. The van der Waals surface area contributed by atoms with Gasteiger partial charge in [-0.1, -0.05) is 0 Å². The fourth-order valence-electron chi connectivity index (χ4n) is 2.20. The number of rotatable bonds is 13. The summed E-state index contributed by atoms with van der Waals surface area (Å²) >= 11 is 3.82. The second kappa shape index (κ2) is 11.8. The van der Waals surface area contributed by atoms with Crippen LogP contribution in [0.25, 0.3) is 0 Å². The van der Waals surface area contributed by atoms with Gasteiger partial charge in [-0.25, -0.2) is 0 Å². The van der Waals surface area contributed by atoms with Crippen molar-refractivity contribution in [1.29, 1.82) is 0 Å². The zero-order valence-corrected chi connectivity index (χ0v) is 18.0. The van der Waals surface area contributed by atoms with Crippen LogP contribution in [0.4, 0.5) is 0 Å². The number of carboxylic acid groups (broad SMARTS) is 2. The van der Waals surface area contributed by atoms with Gasteiger partial charge >= 0.3 is 27.1 Å². The smallest absolute Gasteiger partial charge is 0.344 e. The lowest BCUT2D eigenvalue weighted by Gasteiger charge is -2.33. The van der Waals surface area contributed by atoms with E-state index in [1.807, 2.05) is 0 Å². The summed E-state index contributed by atoms with van der Waals surface area (Å²) in [5.74, 6) is -6.11. The summed E-state index contributed by atoms with van der Waals surface area (Å²) in [6.45, 7) is -1.17. The van der Waals surface area contributed by atoms with Crippen LogP contribution in [-0.4, -0.2) is 100 Å². The van der Waals surface area contributed by atoms with E-state index in [1.54, 1.807) is 0 Å². The first-order chi connectivity index (χ1) is 13.5. The molecule has 0 bridgehead atoms. The van der Waals surface area contributed by atoms with Crippen molar-refractivity contribution in [2.45, 2.75) is 24.9 Å². The quantitative estimate of drug-likeness (QED) is 0.0971. The molecule has 174 valence electrons. The zero-order valence-electron chi connectivity index (χ0n) is 15.3. The highest BCUT2D eigenvalue weighted by molar-refractivity contribution is 7.80. The number of hydrogen-bond acceptors (Lipinski definition) is 8. The van der Waals surface area contributed by atoms with E-state index in [0.29, 0.717) is 4.90 Å². The minimum atomic E-state index is -4.96. The molecule has 2 amide bonds. The first-order valence-corrected chi connectivity index (χ1v) is 12.2. The molecule has 0 fully saturated rings. The molecule has 0 aromatic rings. The minimum absolute atomic E-state index is 0.215. The van der Waals surface area contributed by atoms with E-state index in [9.17, 15) is 38.1 Å². The Morgan fingerprint density at radius 2 is 1.47 bits per heavy atom. The van der Waals surface area contributed by atoms with E-state index in [1.165, 1.54) is 0 Å². The number of nitrogens with zero attached hydrogens (tertiary/aromatic N) is 2. The second-order valence-electron chi connectivity index (χ2n) is 6.09. The summed E-state index contributed by atoms with van der Waals surface area (Å²) in [6, 6.07) is -3.28. The molecular weight excluding hydrogens is 472 g/mol. The summed E-state index contributed by atoms with van der Waals surface area (Å²) in [7, 11) is -9.90. The summed E-state index contributed by atoms with van der Waals surface area (Å²) in [5, 5.41) is 17.6. The van der Waals surface area contributed by atoms with Crippen LogP contribution < -0.4 is 5.73 Å². The molecule has 15 nitrogen and oxygen atoms in total. The largest absolute Gasteiger partial charge is 0.480 e. The second-order valence-corrected chi connectivity index (χ2v) is 9.68. The zero-order chi connectivity index (χ0) is 23.9. The van der Waals surface area contributed by atoms with Crippen LogP contribution >= 0.6 is 27.8 Å². The lowest BCUT2D eigenvalue weighted by Crippen LogP contribution is -2.53. The molecule has 30 heavy (non-hydrogen) atoms. The van der Waals surface area contributed by atoms with Gasteiger partial charge in [-0.2, -0.15) is 12.6 Å². The van der Waals surface area contributed by atoms with Crippen molar-refractivity contribution in [3.8, 4) is 0 Å². The molecule has 2 atom stereocenters. The van der Waals surface area contributed by atoms with Gasteiger partial charge in [-0.05, 0) is 6.42 Å². The fourth-order valence-corrected chi connectivity index (χ4v) is 3.99. The molecule has 2 unspecified atom stereocenters. The van der Waals surface area contributed by atoms with Crippen molar-refractivity contribution in [3.63, 3.8) is 0 Å². The van der Waals surface area contributed by atoms with E-state index in [-0.39, 0.29) is 4.90 Å². The van der Waals surface area contributed by atoms with Crippen LogP contribution in [0.15, 0.2) is 0 Å². The van der Waals surface area contributed by atoms with Gasteiger partial charge in [-0.3, -0.25) is 28.3 Å². The molecule has 0 aromatic heterocycles. The highest BCUT2D eigenvalue weighted by atomic mass is 32.1. The Morgan fingerprint density at radius 3 is 1.83 bits per heavy atom. The summed E-state index contributed by atoms with van der Waals surface area (Å²) in [4.78, 5) is 84.0. The van der Waals surface area contributed by atoms with Crippen molar-refractivity contribution in [1.82, 2.24) is 9.80 Å². The van der Waals surface area contributed by atoms with Crippen molar-refractivity contribution in [2.75, 3.05) is 24.9 Å². The molecule has 0 saturated heterocycles. The molecular formula is C12H23N3O12P2S. The van der Waals surface area contributed by atoms with Crippen LogP contribution in [-0.2, 0) is 28.3 Å². The molecule has 8 N–H and O–H groups in total. The Kier molecular flexibility index (Phi) is 11.2. The molecule has 0 spiro atoms. The Balaban J connectivity index is 5.87. The maximum Gasteiger partial charge on any atom is 0.344 e. The van der Waals surface area contributed by atoms with Gasteiger partial charge < -0.3 is 45.3 Å². The number of hydrogen-bond donors (Lipinski definition) is 8. The van der Waals surface area contributed by atoms with Crippen molar-refractivity contribution in [3.05, 3.63) is 0 Å². The molecule has 0 aliphatic rings. The van der Waals surface area contributed by atoms with Gasteiger partial charge in [-0.15, -0.1) is 0 Å². The number of carbonyl (C=O) groups excluding carboxylic acids is 2. The van der Waals surface area contributed by atoms with E-state index in [0.717, 1.165) is 0 Å². The van der Waals surface area contributed by atoms with Gasteiger partial charge in [0.2, 0.25) is 11.8 Å². The molecule has 18 heteroatoms. The van der Waals surface area contributed by atoms with E-state index in [4.69, 9.17) is 25.7 Å². The highest BCUT2D eigenvalue weighted by Crippen LogP contribution is 2.38. The van der Waals surface area contributed by atoms with Crippen LogP contribution in [0.2, 0.25) is 0 Å².